The van der Waals surface area contributed by atoms with Crippen molar-refractivity contribution >= 4 is 10.8 Å². The van der Waals surface area contributed by atoms with Crippen molar-refractivity contribution in [3.8, 4) is 0 Å². The van der Waals surface area contributed by atoms with E-state index in [1.165, 1.54) is 12.8 Å². The van der Waals surface area contributed by atoms with Crippen molar-refractivity contribution in [3.63, 3.8) is 0 Å². The Morgan fingerprint density at radius 3 is 3.20 bits per heavy atom. The quantitative estimate of drug-likeness (QED) is 0.832. The van der Waals surface area contributed by atoms with Gasteiger partial charge in [-0.25, -0.2) is 0 Å². The third kappa shape index (κ3) is 3.39. The van der Waals surface area contributed by atoms with Crippen molar-refractivity contribution in [2.75, 3.05) is 12.3 Å². The molecule has 1 saturated heterocycles. The number of aromatic nitrogens is 1. The van der Waals surface area contributed by atoms with Gasteiger partial charge in [0.05, 0.1) is 5.75 Å². The standard InChI is InChI=1S/C11H16N2OS/c14-15(9-11-4-2-6-13-11)8-10-3-1-5-12-7-10/h1,3,5,7,11,13H,2,4,6,8-9H2/t11-,15+/m1/s1. The molecular weight excluding hydrogens is 208 g/mol. The van der Waals surface area contributed by atoms with Crippen LogP contribution in [0.4, 0.5) is 0 Å². The molecule has 0 aliphatic carbocycles. The minimum Gasteiger partial charge on any atom is -0.313 e. The fourth-order valence-electron chi connectivity index (χ4n) is 1.85. The average Bonchev–Trinajstić information content (AvgIpc) is 2.71. The molecule has 0 radical (unpaired) electrons. The van der Waals surface area contributed by atoms with Gasteiger partial charge >= 0.3 is 0 Å². The molecule has 0 spiro atoms. The van der Waals surface area contributed by atoms with Crippen LogP contribution in [0.25, 0.3) is 0 Å². The highest BCUT2D eigenvalue weighted by Gasteiger charge is 2.16. The van der Waals surface area contributed by atoms with E-state index >= 15 is 0 Å². The van der Waals surface area contributed by atoms with E-state index in [2.05, 4.69) is 10.3 Å². The third-order valence-electron chi connectivity index (χ3n) is 2.60. The van der Waals surface area contributed by atoms with Crippen molar-refractivity contribution in [1.82, 2.24) is 10.3 Å². The largest absolute Gasteiger partial charge is 0.313 e. The molecule has 15 heavy (non-hydrogen) atoms. The lowest BCUT2D eigenvalue weighted by Crippen LogP contribution is -2.27. The summed E-state index contributed by atoms with van der Waals surface area (Å²) in [5.74, 6) is 1.40. The fraction of sp³-hybridized carbons (Fsp3) is 0.545. The molecular formula is C11H16N2OS. The van der Waals surface area contributed by atoms with Crippen molar-refractivity contribution in [2.24, 2.45) is 0 Å². The number of hydrogen-bond acceptors (Lipinski definition) is 3. The number of nitrogens with one attached hydrogen (secondary N) is 1. The van der Waals surface area contributed by atoms with E-state index in [0.29, 0.717) is 11.8 Å². The number of rotatable bonds is 4. The molecule has 1 aliphatic rings. The molecule has 0 saturated carbocycles. The summed E-state index contributed by atoms with van der Waals surface area (Å²) in [6.07, 6.45) is 5.92. The normalized spacial score (nSPS) is 22.8. The Bertz CT molecular complexity index is 323. The van der Waals surface area contributed by atoms with Gasteiger partial charge < -0.3 is 5.32 Å². The highest BCUT2D eigenvalue weighted by atomic mass is 32.2. The van der Waals surface area contributed by atoms with Crippen LogP contribution in [0.1, 0.15) is 18.4 Å². The van der Waals surface area contributed by atoms with Crippen LogP contribution in [0.2, 0.25) is 0 Å². The van der Waals surface area contributed by atoms with Crippen molar-refractivity contribution < 1.29 is 4.21 Å². The summed E-state index contributed by atoms with van der Waals surface area (Å²) in [5, 5.41) is 3.36. The van der Waals surface area contributed by atoms with Gasteiger partial charge in [0.1, 0.15) is 0 Å². The topological polar surface area (TPSA) is 42.0 Å². The Labute approximate surface area is 92.8 Å². The van der Waals surface area contributed by atoms with E-state index in [4.69, 9.17) is 0 Å². The van der Waals surface area contributed by atoms with Crippen molar-refractivity contribution in [3.05, 3.63) is 30.1 Å². The molecule has 82 valence electrons. The number of hydrogen-bond donors (Lipinski definition) is 1. The Morgan fingerprint density at radius 1 is 1.60 bits per heavy atom. The molecule has 1 aliphatic heterocycles. The first-order chi connectivity index (χ1) is 7.34. The van der Waals surface area contributed by atoms with Crippen molar-refractivity contribution in [2.45, 2.75) is 24.6 Å². The SMILES string of the molecule is O=[S@@](Cc1cccnc1)C[C@H]1CCCN1. The lowest BCUT2D eigenvalue weighted by atomic mass is 10.3. The minimum absolute atomic E-state index is 0.461. The second kappa shape index (κ2) is 5.37. The summed E-state index contributed by atoms with van der Waals surface area (Å²) in [6.45, 7) is 1.08. The summed E-state index contributed by atoms with van der Waals surface area (Å²) in [5.41, 5.74) is 1.06. The van der Waals surface area contributed by atoms with Gasteiger partial charge in [-0.05, 0) is 31.0 Å². The molecule has 0 aromatic carbocycles. The molecule has 4 heteroatoms. The van der Waals surface area contributed by atoms with Gasteiger partial charge in [0.2, 0.25) is 0 Å². The van der Waals surface area contributed by atoms with Gasteiger partial charge in [0.25, 0.3) is 0 Å². The molecule has 0 amide bonds. The highest BCUT2D eigenvalue weighted by Crippen LogP contribution is 2.08. The highest BCUT2D eigenvalue weighted by molar-refractivity contribution is 7.84. The van der Waals surface area contributed by atoms with Crippen LogP contribution < -0.4 is 5.32 Å². The molecule has 1 aromatic heterocycles. The number of nitrogens with zero attached hydrogens (tertiary/aromatic N) is 1. The zero-order valence-electron chi connectivity index (χ0n) is 8.69. The smallest absolute Gasteiger partial charge is 0.0501 e. The maximum absolute atomic E-state index is 11.8. The van der Waals surface area contributed by atoms with E-state index in [-0.39, 0.29) is 0 Å². The van der Waals surface area contributed by atoms with Crippen LogP contribution in [-0.4, -0.2) is 27.5 Å². The second-order valence-electron chi connectivity index (χ2n) is 3.91. The first-order valence-electron chi connectivity index (χ1n) is 5.32. The van der Waals surface area contributed by atoms with E-state index < -0.39 is 10.8 Å². The van der Waals surface area contributed by atoms with Crippen molar-refractivity contribution in [1.29, 1.82) is 0 Å². The van der Waals surface area contributed by atoms with Crippen LogP contribution in [0.5, 0.6) is 0 Å². The van der Waals surface area contributed by atoms with Gasteiger partial charge in [0.15, 0.2) is 0 Å². The summed E-state index contributed by atoms with van der Waals surface area (Å²) >= 11 is 0. The van der Waals surface area contributed by atoms with Gasteiger partial charge in [-0.3, -0.25) is 9.19 Å². The lowest BCUT2D eigenvalue weighted by Gasteiger charge is -2.09. The molecule has 2 rings (SSSR count). The zero-order chi connectivity index (χ0) is 10.5. The molecule has 1 aromatic rings. The molecule has 2 heterocycles. The Kier molecular flexibility index (Phi) is 3.86. The summed E-state index contributed by atoms with van der Waals surface area (Å²) < 4.78 is 11.8. The lowest BCUT2D eigenvalue weighted by molar-refractivity contribution is 0.643. The Hall–Kier alpha value is -0.740. The molecule has 1 fully saturated rings. The molecule has 2 atom stereocenters. The van der Waals surface area contributed by atoms with Crippen LogP contribution in [0.3, 0.4) is 0 Å². The zero-order valence-corrected chi connectivity index (χ0v) is 9.50. The first kappa shape index (κ1) is 10.8. The third-order valence-corrected chi connectivity index (χ3v) is 4.03. The van der Waals surface area contributed by atoms with Crippen LogP contribution >= 0.6 is 0 Å². The van der Waals surface area contributed by atoms with E-state index in [9.17, 15) is 4.21 Å². The molecule has 0 bridgehead atoms. The fourth-order valence-corrected chi connectivity index (χ4v) is 3.25. The molecule has 0 unspecified atom stereocenters. The predicted octanol–water partition coefficient (Wildman–Crippen LogP) is 1.08. The summed E-state index contributed by atoms with van der Waals surface area (Å²) in [7, 11) is -0.763. The summed E-state index contributed by atoms with van der Waals surface area (Å²) in [6, 6.07) is 4.33. The number of pyridine rings is 1. The Morgan fingerprint density at radius 2 is 2.53 bits per heavy atom. The van der Waals surface area contributed by atoms with Crippen LogP contribution in [0, 0.1) is 0 Å². The molecule has 1 N–H and O–H groups in total. The van der Waals surface area contributed by atoms with Crippen LogP contribution in [0.15, 0.2) is 24.5 Å². The predicted molar refractivity (Wildman–Crippen MR) is 62.0 cm³/mol. The van der Waals surface area contributed by atoms with Gasteiger partial charge in [0, 0.05) is 35.0 Å². The van der Waals surface area contributed by atoms with E-state index in [0.717, 1.165) is 17.9 Å². The van der Waals surface area contributed by atoms with E-state index in [1.54, 1.807) is 12.4 Å². The maximum atomic E-state index is 11.8. The second-order valence-corrected chi connectivity index (χ2v) is 5.41. The van der Waals surface area contributed by atoms with Crippen LogP contribution in [-0.2, 0) is 16.6 Å². The van der Waals surface area contributed by atoms with Gasteiger partial charge in [-0.15, -0.1) is 0 Å². The minimum atomic E-state index is -0.763. The maximum Gasteiger partial charge on any atom is 0.0501 e. The van der Waals surface area contributed by atoms with Gasteiger partial charge in [-0.2, -0.15) is 0 Å². The Balaban J connectivity index is 1.82. The monoisotopic (exact) mass is 224 g/mol. The first-order valence-corrected chi connectivity index (χ1v) is 6.80. The van der Waals surface area contributed by atoms with Gasteiger partial charge in [-0.1, -0.05) is 6.07 Å². The average molecular weight is 224 g/mol. The molecule has 3 nitrogen and oxygen atoms in total. The summed E-state index contributed by atoms with van der Waals surface area (Å²) in [4.78, 5) is 4.02. The van der Waals surface area contributed by atoms with E-state index in [1.807, 2.05) is 12.1 Å².